The molecule has 2 aromatic rings. The molecule has 0 radical (unpaired) electrons. The van der Waals surface area contributed by atoms with Gasteiger partial charge in [0.25, 0.3) is 0 Å². The fourth-order valence-electron chi connectivity index (χ4n) is 3.23. The average molecular weight is 285 g/mol. The summed E-state index contributed by atoms with van der Waals surface area (Å²) in [5.41, 5.74) is 2.07. The molecule has 1 aromatic heterocycles. The van der Waals surface area contributed by atoms with Crippen LogP contribution in [0.15, 0.2) is 24.3 Å². The molecule has 21 heavy (non-hydrogen) atoms. The Morgan fingerprint density at radius 1 is 1.33 bits per heavy atom. The molecule has 0 spiro atoms. The van der Waals surface area contributed by atoms with Crippen molar-refractivity contribution in [3.8, 4) is 0 Å². The highest BCUT2D eigenvalue weighted by atomic mass is 16.1. The number of rotatable bonds is 5. The lowest BCUT2D eigenvalue weighted by Crippen LogP contribution is -2.29. The summed E-state index contributed by atoms with van der Waals surface area (Å²) in [6.45, 7) is 5.01. The number of carbonyl (C=O) groups excluding carboxylic acids is 1. The Morgan fingerprint density at radius 2 is 2.10 bits per heavy atom. The van der Waals surface area contributed by atoms with E-state index in [0.717, 1.165) is 49.1 Å². The zero-order valence-corrected chi connectivity index (χ0v) is 12.6. The Balaban J connectivity index is 1.73. The second-order valence-corrected chi connectivity index (χ2v) is 5.89. The van der Waals surface area contributed by atoms with E-state index in [1.807, 2.05) is 16.8 Å². The highest BCUT2D eigenvalue weighted by Gasteiger charge is 2.19. The van der Waals surface area contributed by atoms with Crippen LogP contribution in [0.25, 0.3) is 10.9 Å². The topological polar surface area (TPSA) is 46.9 Å². The number of Topliss-reactive ketones (excluding diaryl/α,β-unsaturated/α-hetero) is 1. The standard InChI is InChI=1S/C17H23N3O/c1-2-20-17-6-4-3-5-15(17)16(19-20)12-14(21)11-13-7-9-18-10-8-13/h3-6,13,18H,2,7-12H2,1H3. The molecule has 4 heteroatoms. The summed E-state index contributed by atoms with van der Waals surface area (Å²) in [5.74, 6) is 0.881. The molecule has 3 rings (SSSR count). The summed E-state index contributed by atoms with van der Waals surface area (Å²) in [4.78, 5) is 12.4. The molecule has 1 saturated heterocycles. The zero-order valence-electron chi connectivity index (χ0n) is 12.6. The maximum absolute atomic E-state index is 12.4. The lowest BCUT2D eigenvalue weighted by Gasteiger charge is -2.21. The first-order valence-electron chi connectivity index (χ1n) is 7.94. The molecule has 1 fully saturated rings. The molecule has 0 atom stereocenters. The Labute approximate surface area is 125 Å². The monoisotopic (exact) mass is 285 g/mol. The third-order valence-electron chi connectivity index (χ3n) is 4.37. The Kier molecular flexibility index (Phi) is 4.34. The van der Waals surface area contributed by atoms with Crippen molar-refractivity contribution < 1.29 is 4.79 Å². The average Bonchev–Trinajstić information content (AvgIpc) is 2.86. The number of para-hydroxylation sites is 1. The molecule has 0 bridgehead atoms. The van der Waals surface area contributed by atoms with Crippen molar-refractivity contribution in [2.24, 2.45) is 5.92 Å². The van der Waals surface area contributed by atoms with Crippen molar-refractivity contribution in [3.63, 3.8) is 0 Å². The summed E-state index contributed by atoms with van der Waals surface area (Å²) < 4.78 is 1.99. The minimum absolute atomic E-state index is 0.327. The van der Waals surface area contributed by atoms with E-state index in [-0.39, 0.29) is 0 Å². The lowest BCUT2D eigenvalue weighted by molar-refractivity contribution is -0.119. The van der Waals surface area contributed by atoms with E-state index >= 15 is 0 Å². The molecule has 1 aliphatic heterocycles. The van der Waals surface area contributed by atoms with E-state index in [2.05, 4.69) is 29.5 Å². The van der Waals surface area contributed by atoms with Gasteiger partial charge in [0, 0.05) is 18.4 Å². The van der Waals surface area contributed by atoms with Gasteiger partial charge in [-0.15, -0.1) is 0 Å². The van der Waals surface area contributed by atoms with Crippen LogP contribution < -0.4 is 5.32 Å². The molecular formula is C17H23N3O. The van der Waals surface area contributed by atoms with Gasteiger partial charge in [-0.3, -0.25) is 9.48 Å². The summed E-state index contributed by atoms with van der Waals surface area (Å²) in [7, 11) is 0. The van der Waals surface area contributed by atoms with E-state index in [1.54, 1.807) is 0 Å². The van der Waals surface area contributed by atoms with Crippen LogP contribution in [0.1, 0.15) is 31.9 Å². The number of nitrogens with zero attached hydrogens (tertiary/aromatic N) is 2. The van der Waals surface area contributed by atoms with Crippen LogP contribution in [0.4, 0.5) is 0 Å². The molecule has 0 saturated carbocycles. The normalized spacial score (nSPS) is 16.4. The number of aryl methyl sites for hydroxylation is 1. The number of nitrogens with one attached hydrogen (secondary N) is 1. The van der Waals surface area contributed by atoms with Gasteiger partial charge in [0.15, 0.2) is 0 Å². The van der Waals surface area contributed by atoms with Crippen LogP contribution >= 0.6 is 0 Å². The second kappa shape index (κ2) is 6.39. The summed E-state index contributed by atoms with van der Waals surface area (Å²) in [6.07, 6.45) is 3.41. The van der Waals surface area contributed by atoms with Gasteiger partial charge in [-0.1, -0.05) is 18.2 Å². The number of aromatic nitrogens is 2. The lowest BCUT2D eigenvalue weighted by atomic mass is 9.91. The number of carbonyl (C=O) groups is 1. The van der Waals surface area contributed by atoms with Crippen LogP contribution in [0.3, 0.4) is 0 Å². The largest absolute Gasteiger partial charge is 0.317 e. The Hall–Kier alpha value is -1.68. The van der Waals surface area contributed by atoms with Crippen LogP contribution in [0.2, 0.25) is 0 Å². The van der Waals surface area contributed by atoms with Gasteiger partial charge >= 0.3 is 0 Å². The fourth-order valence-corrected chi connectivity index (χ4v) is 3.23. The Bertz CT molecular complexity index is 626. The molecule has 0 aliphatic carbocycles. The van der Waals surface area contributed by atoms with Gasteiger partial charge < -0.3 is 5.32 Å². The van der Waals surface area contributed by atoms with Gasteiger partial charge in [0.2, 0.25) is 0 Å². The third kappa shape index (κ3) is 3.16. The van der Waals surface area contributed by atoms with E-state index < -0.39 is 0 Å². The number of hydrogen-bond donors (Lipinski definition) is 1. The van der Waals surface area contributed by atoms with Crippen molar-refractivity contribution >= 4 is 16.7 Å². The van der Waals surface area contributed by atoms with Gasteiger partial charge in [0.1, 0.15) is 5.78 Å². The summed E-state index contributed by atoms with van der Waals surface area (Å²) >= 11 is 0. The fraction of sp³-hybridized carbons (Fsp3) is 0.529. The summed E-state index contributed by atoms with van der Waals surface area (Å²) in [5, 5.41) is 9.09. The SMILES string of the molecule is CCn1nc(CC(=O)CC2CCNCC2)c2ccccc21. The first kappa shape index (κ1) is 14.3. The number of fused-ring (bicyclic) bond motifs is 1. The molecule has 0 amide bonds. The van der Waals surface area contributed by atoms with Gasteiger partial charge in [-0.2, -0.15) is 5.10 Å². The smallest absolute Gasteiger partial charge is 0.139 e. The molecule has 0 unspecified atom stereocenters. The summed E-state index contributed by atoms with van der Waals surface area (Å²) in [6, 6.07) is 8.19. The first-order chi connectivity index (χ1) is 10.3. The van der Waals surface area contributed by atoms with E-state index in [0.29, 0.717) is 24.5 Å². The number of piperidine rings is 1. The van der Waals surface area contributed by atoms with Crippen LogP contribution in [0, 0.1) is 5.92 Å². The van der Waals surface area contributed by atoms with Crippen molar-refractivity contribution in [2.45, 2.75) is 39.2 Å². The zero-order chi connectivity index (χ0) is 14.7. The van der Waals surface area contributed by atoms with Crippen molar-refractivity contribution in [1.29, 1.82) is 0 Å². The molecule has 1 aliphatic rings. The molecule has 112 valence electrons. The second-order valence-electron chi connectivity index (χ2n) is 5.89. The predicted molar refractivity (Wildman–Crippen MR) is 84.3 cm³/mol. The van der Waals surface area contributed by atoms with Crippen LogP contribution in [-0.4, -0.2) is 28.7 Å². The molecular weight excluding hydrogens is 262 g/mol. The van der Waals surface area contributed by atoms with E-state index in [1.165, 1.54) is 0 Å². The molecule has 4 nitrogen and oxygen atoms in total. The minimum Gasteiger partial charge on any atom is -0.317 e. The third-order valence-corrected chi connectivity index (χ3v) is 4.37. The van der Waals surface area contributed by atoms with Crippen LogP contribution in [-0.2, 0) is 17.8 Å². The van der Waals surface area contributed by atoms with E-state index in [4.69, 9.17) is 0 Å². The predicted octanol–water partition coefficient (Wildman–Crippen LogP) is 2.56. The van der Waals surface area contributed by atoms with E-state index in [9.17, 15) is 4.79 Å². The highest BCUT2D eigenvalue weighted by Crippen LogP contribution is 2.21. The Morgan fingerprint density at radius 3 is 2.86 bits per heavy atom. The maximum atomic E-state index is 12.4. The number of benzene rings is 1. The minimum atomic E-state index is 0.327. The van der Waals surface area contributed by atoms with Crippen molar-refractivity contribution in [3.05, 3.63) is 30.0 Å². The first-order valence-corrected chi connectivity index (χ1v) is 7.94. The van der Waals surface area contributed by atoms with Gasteiger partial charge in [0.05, 0.1) is 17.6 Å². The molecule has 1 aromatic carbocycles. The molecule has 2 heterocycles. The maximum Gasteiger partial charge on any atom is 0.139 e. The van der Waals surface area contributed by atoms with Gasteiger partial charge in [-0.25, -0.2) is 0 Å². The van der Waals surface area contributed by atoms with Crippen molar-refractivity contribution in [1.82, 2.24) is 15.1 Å². The quantitative estimate of drug-likeness (QED) is 0.918. The number of hydrogen-bond acceptors (Lipinski definition) is 3. The number of ketones is 1. The van der Waals surface area contributed by atoms with Crippen LogP contribution in [0.5, 0.6) is 0 Å². The molecule has 1 N–H and O–H groups in total. The van der Waals surface area contributed by atoms with Gasteiger partial charge in [-0.05, 0) is 44.8 Å². The van der Waals surface area contributed by atoms with Crippen molar-refractivity contribution in [2.75, 3.05) is 13.1 Å². The highest BCUT2D eigenvalue weighted by molar-refractivity contribution is 5.88.